The Morgan fingerprint density at radius 3 is 2.74 bits per heavy atom. The second kappa shape index (κ2) is 5.97. The molecule has 98 valence electrons. The van der Waals surface area contributed by atoms with Crippen LogP contribution in [0.4, 0.5) is 5.69 Å². The SMILES string of the molecule is Cc1cccc(CN(C)c2ccc(C=O)c(Br)c2)n1. The summed E-state index contributed by atoms with van der Waals surface area (Å²) < 4.78 is 0.809. The van der Waals surface area contributed by atoms with Crippen molar-refractivity contribution in [1.82, 2.24) is 4.98 Å². The smallest absolute Gasteiger partial charge is 0.151 e. The zero-order chi connectivity index (χ0) is 13.8. The van der Waals surface area contributed by atoms with Gasteiger partial charge in [0.25, 0.3) is 0 Å². The lowest BCUT2D eigenvalue weighted by atomic mass is 10.2. The number of hydrogen-bond donors (Lipinski definition) is 0. The summed E-state index contributed by atoms with van der Waals surface area (Å²) in [5.41, 5.74) is 3.74. The van der Waals surface area contributed by atoms with Crippen molar-refractivity contribution in [1.29, 1.82) is 0 Å². The molecule has 0 aliphatic rings. The largest absolute Gasteiger partial charge is 0.369 e. The first kappa shape index (κ1) is 13.7. The van der Waals surface area contributed by atoms with Gasteiger partial charge in [0.05, 0.1) is 12.2 Å². The lowest BCUT2D eigenvalue weighted by Crippen LogP contribution is -2.17. The van der Waals surface area contributed by atoms with E-state index < -0.39 is 0 Å². The first-order valence-corrected chi connectivity index (χ1v) is 6.78. The van der Waals surface area contributed by atoms with Gasteiger partial charge < -0.3 is 4.90 Å². The van der Waals surface area contributed by atoms with Crippen LogP contribution in [0.3, 0.4) is 0 Å². The van der Waals surface area contributed by atoms with Crippen molar-refractivity contribution in [2.24, 2.45) is 0 Å². The topological polar surface area (TPSA) is 33.2 Å². The van der Waals surface area contributed by atoms with Gasteiger partial charge in [0, 0.05) is 28.5 Å². The predicted octanol–water partition coefficient (Wildman–Crippen LogP) is 3.60. The van der Waals surface area contributed by atoms with E-state index in [0.717, 1.165) is 34.4 Å². The molecule has 1 heterocycles. The van der Waals surface area contributed by atoms with Crippen LogP contribution in [-0.4, -0.2) is 18.3 Å². The van der Waals surface area contributed by atoms with E-state index in [0.29, 0.717) is 5.56 Å². The van der Waals surface area contributed by atoms with Gasteiger partial charge in [-0.25, -0.2) is 0 Å². The highest BCUT2D eigenvalue weighted by molar-refractivity contribution is 9.10. The highest BCUT2D eigenvalue weighted by Crippen LogP contribution is 2.23. The highest BCUT2D eigenvalue weighted by Gasteiger charge is 2.06. The lowest BCUT2D eigenvalue weighted by Gasteiger charge is -2.19. The fourth-order valence-electron chi connectivity index (χ4n) is 1.87. The molecule has 2 rings (SSSR count). The molecule has 0 radical (unpaired) electrons. The van der Waals surface area contributed by atoms with Crippen LogP contribution in [-0.2, 0) is 6.54 Å². The molecule has 0 spiro atoms. The Labute approximate surface area is 121 Å². The zero-order valence-electron chi connectivity index (χ0n) is 10.9. The minimum Gasteiger partial charge on any atom is -0.369 e. The van der Waals surface area contributed by atoms with Crippen molar-refractivity contribution >= 4 is 27.9 Å². The maximum absolute atomic E-state index is 10.8. The van der Waals surface area contributed by atoms with E-state index in [2.05, 4.69) is 25.8 Å². The Morgan fingerprint density at radius 1 is 1.32 bits per heavy atom. The highest BCUT2D eigenvalue weighted by atomic mass is 79.9. The molecule has 2 aromatic rings. The van der Waals surface area contributed by atoms with Crippen molar-refractivity contribution in [3.63, 3.8) is 0 Å². The molecule has 0 unspecified atom stereocenters. The van der Waals surface area contributed by atoms with Crippen molar-refractivity contribution < 1.29 is 4.79 Å². The van der Waals surface area contributed by atoms with Gasteiger partial charge in [0.1, 0.15) is 0 Å². The summed E-state index contributed by atoms with van der Waals surface area (Å²) in [5.74, 6) is 0. The third-order valence-corrected chi connectivity index (χ3v) is 3.58. The average Bonchev–Trinajstić information content (AvgIpc) is 2.38. The lowest BCUT2D eigenvalue weighted by molar-refractivity contribution is 0.112. The number of rotatable bonds is 4. The molecule has 3 nitrogen and oxygen atoms in total. The minimum absolute atomic E-state index is 0.658. The van der Waals surface area contributed by atoms with Crippen molar-refractivity contribution in [2.75, 3.05) is 11.9 Å². The quantitative estimate of drug-likeness (QED) is 0.807. The van der Waals surface area contributed by atoms with Gasteiger partial charge in [-0.15, -0.1) is 0 Å². The molecule has 0 bridgehead atoms. The Morgan fingerprint density at radius 2 is 2.11 bits per heavy atom. The Balaban J connectivity index is 2.18. The van der Waals surface area contributed by atoms with E-state index in [-0.39, 0.29) is 0 Å². The summed E-state index contributed by atoms with van der Waals surface area (Å²) in [4.78, 5) is 17.4. The van der Waals surface area contributed by atoms with Gasteiger partial charge in [-0.3, -0.25) is 9.78 Å². The number of pyridine rings is 1. The minimum atomic E-state index is 0.658. The van der Waals surface area contributed by atoms with Gasteiger partial charge in [-0.2, -0.15) is 0 Å². The first-order chi connectivity index (χ1) is 9.10. The number of aromatic nitrogens is 1. The molecule has 0 fully saturated rings. The van der Waals surface area contributed by atoms with Crippen molar-refractivity contribution in [3.8, 4) is 0 Å². The molecule has 19 heavy (non-hydrogen) atoms. The van der Waals surface area contributed by atoms with Gasteiger partial charge in [0.15, 0.2) is 6.29 Å². The zero-order valence-corrected chi connectivity index (χ0v) is 12.5. The summed E-state index contributed by atoms with van der Waals surface area (Å²) in [7, 11) is 2.01. The normalized spacial score (nSPS) is 10.3. The second-order valence-electron chi connectivity index (χ2n) is 4.45. The maximum Gasteiger partial charge on any atom is 0.151 e. The van der Waals surface area contributed by atoms with E-state index in [1.54, 1.807) is 0 Å². The number of aldehydes is 1. The molecule has 0 aliphatic heterocycles. The molecular weight excluding hydrogens is 304 g/mol. The van der Waals surface area contributed by atoms with Crippen LogP contribution in [0.2, 0.25) is 0 Å². The number of benzene rings is 1. The van der Waals surface area contributed by atoms with E-state index >= 15 is 0 Å². The molecule has 0 atom stereocenters. The molecular formula is C15H15BrN2O. The summed E-state index contributed by atoms with van der Waals surface area (Å²) in [6.45, 7) is 2.72. The molecule has 0 saturated carbocycles. The molecule has 0 aliphatic carbocycles. The van der Waals surface area contributed by atoms with E-state index in [4.69, 9.17) is 0 Å². The van der Waals surface area contributed by atoms with Crippen LogP contribution in [0.5, 0.6) is 0 Å². The number of halogens is 1. The van der Waals surface area contributed by atoms with Gasteiger partial charge in [-0.1, -0.05) is 6.07 Å². The predicted molar refractivity (Wildman–Crippen MR) is 80.6 cm³/mol. The summed E-state index contributed by atoms with van der Waals surface area (Å²) >= 11 is 3.40. The van der Waals surface area contributed by atoms with Crippen LogP contribution in [0, 0.1) is 6.92 Å². The molecule has 0 saturated heterocycles. The Hall–Kier alpha value is -1.68. The maximum atomic E-state index is 10.8. The summed E-state index contributed by atoms with van der Waals surface area (Å²) in [6, 6.07) is 11.7. The number of carbonyl (C=O) groups is 1. The molecule has 1 aromatic heterocycles. The average molecular weight is 319 g/mol. The monoisotopic (exact) mass is 318 g/mol. The molecule has 0 N–H and O–H groups in total. The standard InChI is InChI=1S/C15H15BrN2O/c1-11-4-3-5-13(17-11)9-18(2)14-7-6-12(10-19)15(16)8-14/h3-8,10H,9H2,1-2H3. The summed E-state index contributed by atoms with van der Waals surface area (Å²) in [6.07, 6.45) is 0.843. The third kappa shape index (κ3) is 3.41. The Bertz CT molecular complexity index is 598. The second-order valence-corrected chi connectivity index (χ2v) is 5.30. The van der Waals surface area contributed by atoms with Gasteiger partial charge >= 0.3 is 0 Å². The van der Waals surface area contributed by atoms with Crippen molar-refractivity contribution in [3.05, 3.63) is 57.8 Å². The fourth-order valence-corrected chi connectivity index (χ4v) is 2.33. The van der Waals surface area contributed by atoms with Crippen LogP contribution in [0.15, 0.2) is 40.9 Å². The Kier molecular flexibility index (Phi) is 4.32. The number of carbonyl (C=O) groups excluding carboxylic acids is 1. The van der Waals surface area contributed by atoms with Crippen molar-refractivity contribution in [2.45, 2.75) is 13.5 Å². The number of aryl methyl sites for hydroxylation is 1. The van der Waals surface area contributed by atoms with E-state index in [1.807, 2.05) is 50.4 Å². The van der Waals surface area contributed by atoms with Crippen LogP contribution in [0.25, 0.3) is 0 Å². The van der Waals surface area contributed by atoms with Crippen LogP contribution < -0.4 is 4.90 Å². The molecule has 1 aromatic carbocycles. The molecule has 4 heteroatoms. The van der Waals surface area contributed by atoms with Gasteiger partial charge in [0.2, 0.25) is 0 Å². The van der Waals surface area contributed by atoms with Crippen LogP contribution in [0.1, 0.15) is 21.7 Å². The van der Waals surface area contributed by atoms with E-state index in [1.165, 1.54) is 0 Å². The fraction of sp³-hybridized carbons (Fsp3) is 0.200. The third-order valence-electron chi connectivity index (χ3n) is 2.90. The number of nitrogens with zero attached hydrogens (tertiary/aromatic N) is 2. The first-order valence-electron chi connectivity index (χ1n) is 5.98. The van der Waals surface area contributed by atoms with E-state index in [9.17, 15) is 4.79 Å². The van der Waals surface area contributed by atoms with Gasteiger partial charge in [-0.05, 0) is 53.2 Å². The number of anilines is 1. The van der Waals surface area contributed by atoms with Crippen LogP contribution >= 0.6 is 15.9 Å². The number of hydrogen-bond acceptors (Lipinski definition) is 3. The summed E-state index contributed by atoms with van der Waals surface area (Å²) in [5, 5.41) is 0. The molecule has 0 amide bonds.